The van der Waals surface area contributed by atoms with E-state index in [1.54, 1.807) is 53.9 Å². The van der Waals surface area contributed by atoms with Crippen LogP contribution in [0.2, 0.25) is 0 Å². The van der Waals surface area contributed by atoms with Gasteiger partial charge in [0.1, 0.15) is 18.9 Å². The van der Waals surface area contributed by atoms with Crippen LogP contribution in [0.4, 0.5) is 10.8 Å². The van der Waals surface area contributed by atoms with Crippen LogP contribution >= 0.6 is 11.3 Å². The minimum Gasteiger partial charge on any atom is -0.495 e. The summed E-state index contributed by atoms with van der Waals surface area (Å²) in [6, 6.07) is 15.7. The number of methoxy groups -OCH3 is 1. The Hall–Kier alpha value is -3.72. The zero-order chi connectivity index (χ0) is 22.2. The first-order valence-electron chi connectivity index (χ1n) is 9.36. The van der Waals surface area contributed by atoms with E-state index in [2.05, 4.69) is 10.3 Å². The van der Waals surface area contributed by atoms with Crippen LogP contribution in [0, 0.1) is 0 Å². The lowest BCUT2D eigenvalue weighted by atomic mass is 10.2. The molecule has 2 amide bonds. The van der Waals surface area contributed by atoms with E-state index in [1.807, 2.05) is 6.07 Å². The third-order valence-electron chi connectivity index (χ3n) is 4.18. The molecule has 1 heterocycles. The molecule has 0 aliphatic carbocycles. The second-order valence-electron chi connectivity index (χ2n) is 6.36. The minimum atomic E-state index is -0.591. The van der Waals surface area contributed by atoms with Gasteiger partial charge in [-0.25, -0.2) is 4.98 Å². The fraction of sp³-hybridized carbons (Fsp3) is 0.182. The van der Waals surface area contributed by atoms with Crippen molar-refractivity contribution in [3.05, 3.63) is 71.2 Å². The van der Waals surface area contributed by atoms with Gasteiger partial charge in [-0.2, -0.15) is 0 Å². The van der Waals surface area contributed by atoms with Crippen molar-refractivity contribution >= 4 is 39.9 Å². The number of nitrogens with zero attached hydrogens (tertiary/aromatic N) is 2. The van der Waals surface area contributed by atoms with E-state index < -0.39 is 5.97 Å². The Bertz CT molecular complexity index is 1070. The summed E-state index contributed by atoms with van der Waals surface area (Å²) in [4.78, 5) is 42.0. The van der Waals surface area contributed by atoms with Gasteiger partial charge in [0, 0.05) is 17.9 Å². The molecule has 0 radical (unpaired) electrons. The smallest absolute Gasteiger partial charge is 0.325 e. The number of thiazole rings is 1. The van der Waals surface area contributed by atoms with Gasteiger partial charge < -0.3 is 14.8 Å². The fourth-order valence-corrected chi connectivity index (χ4v) is 3.60. The topological polar surface area (TPSA) is 97.8 Å². The van der Waals surface area contributed by atoms with E-state index >= 15 is 0 Å². The number of ether oxygens (including phenoxy) is 2. The predicted octanol–water partition coefficient (Wildman–Crippen LogP) is 3.31. The first-order valence-corrected chi connectivity index (χ1v) is 10.2. The molecule has 3 rings (SSSR count). The van der Waals surface area contributed by atoms with E-state index in [0.717, 1.165) is 0 Å². The van der Waals surface area contributed by atoms with Gasteiger partial charge in [0.15, 0.2) is 5.13 Å². The van der Waals surface area contributed by atoms with Gasteiger partial charge in [0.2, 0.25) is 5.91 Å². The lowest BCUT2D eigenvalue weighted by molar-refractivity contribution is -0.143. The number of esters is 1. The van der Waals surface area contributed by atoms with Crippen molar-refractivity contribution in [3.8, 4) is 5.75 Å². The maximum Gasteiger partial charge on any atom is 0.325 e. The van der Waals surface area contributed by atoms with Crippen LogP contribution < -0.4 is 15.0 Å². The minimum absolute atomic E-state index is 0.0752. The molecular formula is C22H21N3O5S. The lowest BCUT2D eigenvalue weighted by Gasteiger charge is -2.20. The fourth-order valence-electron chi connectivity index (χ4n) is 2.74. The molecule has 1 N–H and O–H groups in total. The molecular weight excluding hydrogens is 418 g/mol. The van der Waals surface area contributed by atoms with Crippen LogP contribution in [-0.4, -0.2) is 36.4 Å². The highest BCUT2D eigenvalue weighted by Crippen LogP contribution is 2.35. The van der Waals surface area contributed by atoms with Gasteiger partial charge in [0.25, 0.3) is 5.91 Å². The largest absolute Gasteiger partial charge is 0.495 e. The van der Waals surface area contributed by atoms with Gasteiger partial charge in [-0.15, -0.1) is 11.3 Å². The van der Waals surface area contributed by atoms with Crippen molar-refractivity contribution in [2.75, 3.05) is 18.6 Å². The van der Waals surface area contributed by atoms with Crippen molar-refractivity contribution in [1.29, 1.82) is 0 Å². The van der Waals surface area contributed by atoms with Crippen molar-refractivity contribution in [2.45, 2.75) is 13.5 Å². The maximum atomic E-state index is 12.3. The second kappa shape index (κ2) is 10.4. The van der Waals surface area contributed by atoms with Crippen LogP contribution in [0.1, 0.15) is 23.0 Å². The summed E-state index contributed by atoms with van der Waals surface area (Å²) in [5.41, 5.74) is 1.52. The molecule has 0 aliphatic heterocycles. The zero-order valence-electron chi connectivity index (χ0n) is 17.0. The van der Waals surface area contributed by atoms with Crippen LogP contribution in [0.25, 0.3) is 0 Å². The lowest BCUT2D eigenvalue weighted by Crippen LogP contribution is -2.30. The summed E-state index contributed by atoms with van der Waals surface area (Å²) in [7, 11) is 1.53. The number of benzene rings is 2. The van der Waals surface area contributed by atoms with Crippen LogP contribution in [0.15, 0.2) is 60.0 Å². The Kier molecular flexibility index (Phi) is 7.34. The summed E-state index contributed by atoms with van der Waals surface area (Å²) < 4.78 is 10.5. The van der Waals surface area contributed by atoms with Gasteiger partial charge in [-0.1, -0.05) is 30.3 Å². The summed E-state index contributed by atoms with van der Waals surface area (Å²) in [6.07, 6.45) is 0. The first-order chi connectivity index (χ1) is 15.0. The standard InChI is InChI=1S/C22H21N3O5S/c1-15(26)25(18-10-6-7-11-19(18)29-2)22-24-17(14-31-22)13-30-20(27)12-23-21(28)16-8-4-3-5-9-16/h3-11,14H,12-13H2,1-2H3,(H,23,28). The van der Waals surface area contributed by atoms with Gasteiger partial charge in [-0.3, -0.25) is 19.3 Å². The Morgan fingerprint density at radius 1 is 1.06 bits per heavy atom. The van der Waals surface area contributed by atoms with Crippen molar-refractivity contribution in [3.63, 3.8) is 0 Å². The Morgan fingerprint density at radius 3 is 2.48 bits per heavy atom. The normalized spacial score (nSPS) is 10.3. The average molecular weight is 439 g/mol. The molecule has 0 saturated carbocycles. The SMILES string of the molecule is COc1ccccc1N(C(C)=O)c1nc(COC(=O)CNC(=O)c2ccccc2)cs1. The van der Waals surface area contributed by atoms with E-state index in [-0.39, 0.29) is 25.0 Å². The van der Waals surface area contributed by atoms with E-state index in [1.165, 1.54) is 30.3 Å². The quantitative estimate of drug-likeness (QED) is 0.541. The molecule has 0 bridgehead atoms. The van der Waals surface area contributed by atoms with Gasteiger partial charge >= 0.3 is 5.97 Å². The molecule has 31 heavy (non-hydrogen) atoms. The number of carbonyl (C=O) groups is 3. The number of amides is 2. The number of para-hydroxylation sites is 2. The summed E-state index contributed by atoms with van der Waals surface area (Å²) >= 11 is 1.24. The molecule has 3 aromatic rings. The van der Waals surface area contributed by atoms with Crippen molar-refractivity contribution < 1.29 is 23.9 Å². The predicted molar refractivity (Wildman–Crippen MR) is 116 cm³/mol. The molecule has 0 atom stereocenters. The van der Waals surface area contributed by atoms with Crippen molar-refractivity contribution in [1.82, 2.24) is 10.3 Å². The highest BCUT2D eigenvalue weighted by Gasteiger charge is 2.21. The molecule has 9 heteroatoms. The zero-order valence-corrected chi connectivity index (χ0v) is 17.8. The molecule has 0 saturated heterocycles. The molecule has 0 fully saturated rings. The summed E-state index contributed by atoms with van der Waals surface area (Å²) in [6.45, 7) is 1.10. The van der Waals surface area contributed by atoms with E-state index in [4.69, 9.17) is 9.47 Å². The summed E-state index contributed by atoms with van der Waals surface area (Å²) in [5, 5.41) is 4.65. The van der Waals surface area contributed by atoms with Gasteiger partial charge in [-0.05, 0) is 24.3 Å². The molecule has 1 aromatic heterocycles. The van der Waals surface area contributed by atoms with Crippen molar-refractivity contribution in [2.24, 2.45) is 0 Å². The maximum absolute atomic E-state index is 12.3. The number of anilines is 2. The number of carbonyl (C=O) groups excluding carboxylic acids is 3. The van der Waals surface area contributed by atoms with Crippen LogP contribution in [0.5, 0.6) is 5.75 Å². The number of hydrogen-bond donors (Lipinski definition) is 1. The van der Waals surface area contributed by atoms with Gasteiger partial charge in [0.05, 0.1) is 18.5 Å². The molecule has 0 spiro atoms. The average Bonchev–Trinajstić information content (AvgIpc) is 3.25. The monoisotopic (exact) mass is 439 g/mol. The first kappa shape index (κ1) is 22.0. The highest BCUT2D eigenvalue weighted by molar-refractivity contribution is 7.14. The number of nitrogens with one attached hydrogen (secondary N) is 1. The van der Waals surface area contributed by atoms with Crippen LogP contribution in [0.3, 0.4) is 0 Å². The summed E-state index contributed by atoms with van der Waals surface area (Å²) in [5.74, 6) is -0.643. The number of hydrogen-bond acceptors (Lipinski definition) is 7. The van der Waals surface area contributed by atoms with E-state index in [9.17, 15) is 14.4 Å². The molecule has 8 nitrogen and oxygen atoms in total. The molecule has 0 aliphatic rings. The van der Waals surface area contributed by atoms with E-state index in [0.29, 0.717) is 27.8 Å². The van der Waals surface area contributed by atoms with Crippen LogP contribution in [-0.2, 0) is 20.9 Å². The number of aromatic nitrogens is 1. The molecule has 160 valence electrons. The molecule has 2 aromatic carbocycles. The highest BCUT2D eigenvalue weighted by atomic mass is 32.1. The third kappa shape index (κ3) is 5.67. The second-order valence-corrected chi connectivity index (χ2v) is 7.19. The third-order valence-corrected chi connectivity index (χ3v) is 5.06. The Morgan fingerprint density at radius 2 is 1.77 bits per heavy atom. The molecule has 0 unspecified atom stereocenters. The Balaban J connectivity index is 1.59. The Labute approximate surface area is 183 Å². The number of rotatable bonds is 8.